The monoisotopic (exact) mass is 312 g/mol. The van der Waals surface area contributed by atoms with E-state index in [9.17, 15) is 4.79 Å². The summed E-state index contributed by atoms with van der Waals surface area (Å²) in [7, 11) is 0. The second-order valence-electron chi connectivity index (χ2n) is 4.46. The van der Waals surface area contributed by atoms with Gasteiger partial charge >= 0.3 is 6.03 Å². The van der Waals surface area contributed by atoms with Crippen LogP contribution in [0.15, 0.2) is 30.3 Å². The van der Waals surface area contributed by atoms with Crippen molar-refractivity contribution >= 4 is 11.7 Å². The minimum absolute atomic E-state index is 0.0458. The van der Waals surface area contributed by atoms with E-state index in [1.54, 1.807) is 17.0 Å². The fraction of sp³-hybridized carbons (Fsp3) is 0.533. The fourth-order valence-corrected chi connectivity index (χ4v) is 1.72. The molecule has 1 aromatic carbocycles. The quantitative estimate of drug-likeness (QED) is 0.519. The van der Waals surface area contributed by atoms with Crippen LogP contribution in [0.1, 0.15) is 0 Å². The maximum Gasteiger partial charge on any atom is 0.321 e. The standard InChI is InChI=1S/C15H24N2O5/c18-8-12-21-10-6-17(7-11-22-13-9-19)15(20)16-14-4-2-1-3-5-14/h1-5,18-19H,6-13H2,(H,16,20). The van der Waals surface area contributed by atoms with Crippen LogP contribution in [0.2, 0.25) is 0 Å². The number of hydrogen-bond donors (Lipinski definition) is 3. The SMILES string of the molecule is O=C(Nc1ccccc1)N(CCOCCO)CCOCCO. The highest BCUT2D eigenvalue weighted by molar-refractivity contribution is 5.89. The zero-order valence-corrected chi connectivity index (χ0v) is 12.6. The van der Waals surface area contributed by atoms with Gasteiger partial charge in [-0.05, 0) is 12.1 Å². The smallest absolute Gasteiger partial charge is 0.321 e. The number of aliphatic hydroxyl groups excluding tert-OH is 2. The highest BCUT2D eigenvalue weighted by atomic mass is 16.5. The van der Waals surface area contributed by atoms with E-state index in [0.717, 1.165) is 0 Å². The molecule has 0 spiro atoms. The van der Waals surface area contributed by atoms with Gasteiger partial charge in [0.1, 0.15) is 0 Å². The van der Waals surface area contributed by atoms with Crippen LogP contribution in [0, 0.1) is 0 Å². The minimum atomic E-state index is -0.244. The van der Waals surface area contributed by atoms with Crippen molar-refractivity contribution in [3.63, 3.8) is 0 Å². The fourth-order valence-electron chi connectivity index (χ4n) is 1.72. The van der Waals surface area contributed by atoms with Crippen molar-refractivity contribution in [1.82, 2.24) is 4.90 Å². The van der Waals surface area contributed by atoms with Gasteiger partial charge in [0, 0.05) is 18.8 Å². The van der Waals surface area contributed by atoms with Crippen molar-refractivity contribution in [2.75, 3.05) is 58.0 Å². The summed E-state index contributed by atoms with van der Waals surface area (Å²) in [4.78, 5) is 13.8. The number of amides is 2. The van der Waals surface area contributed by atoms with Crippen LogP contribution < -0.4 is 5.32 Å². The first-order chi connectivity index (χ1) is 10.8. The van der Waals surface area contributed by atoms with Gasteiger partial charge in [0.15, 0.2) is 0 Å². The Morgan fingerprint density at radius 3 is 2.00 bits per heavy atom. The zero-order valence-electron chi connectivity index (χ0n) is 12.6. The van der Waals surface area contributed by atoms with Gasteiger partial charge in [-0.3, -0.25) is 0 Å². The van der Waals surface area contributed by atoms with Crippen LogP contribution in [0.4, 0.5) is 10.5 Å². The third-order valence-electron chi connectivity index (χ3n) is 2.79. The maximum atomic E-state index is 12.2. The van der Waals surface area contributed by atoms with Crippen LogP contribution in [0.5, 0.6) is 0 Å². The number of benzene rings is 1. The predicted octanol–water partition coefficient (Wildman–Crippen LogP) is 0.538. The topological polar surface area (TPSA) is 91.3 Å². The van der Waals surface area contributed by atoms with Crippen LogP contribution in [0.25, 0.3) is 0 Å². The molecule has 0 bridgehead atoms. The van der Waals surface area contributed by atoms with Crippen LogP contribution in [-0.2, 0) is 9.47 Å². The van der Waals surface area contributed by atoms with Crippen LogP contribution >= 0.6 is 0 Å². The average Bonchev–Trinajstić information content (AvgIpc) is 2.54. The molecule has 1 aromatic rings. The number of carbonyl (C=O) groups is 1. The predicted molar refractivity (Wildman–Crippen MR) is 82.8 cm³/mol. The molecule has 2 amide bonds. The van der Waals surface area contributed by atoms with E-state index in [1.165, 1.54) is 0 Å². The molecule has 7 nitrogen and oxygen atoms in total. The number of nitrogens with one attached hydrogen (secondary N) is 1. The first kappa shape index (κ1) is 18.4. The minimum Gasteiger partial charge on any atom is -0.394 e. The molecule has 0 radical (unpaired) electrons. The zero-order chi connectivity index (χ0) is 16.0. The normalized spacial score (nSPS) is 10.5. The van der Waals surface area contributed by atoms with Gasteiger partial charge in [-0.1, -0.05) is 18.2 Å². The summed E-state index contributed by atoms with van der Waals surface area (Å²) in [6, 6.07) is 8.93. The Morgan fingerprint density at radius 1 is 0.955 bits per heavy atom. The average molecular weight is 312 g/mol. The molecule has 124 valence electrons. The highest BCUT2D eigenvalue weighted by Gasteiger charge is 2.13. The molecule has 0 saturated heterocycles. The summed E-state index contributed by atoms with van der Waals surface area (Å²) in [6.45, 7) is 1.85. The summed E-state index contributed by atoms with van der Waals surface area (Å²) in [5.41, 5.74) is 0.713. The lowest BCUT2D eigenvalue weighted by molar-refractivity contribution is 0.0607. The van der Waals surface area contributed by atoms with Gasteiger partial charge in [0.25, 0.3) is 0 Å². The number of anilines is 1. The van der Waals surface area contributed by atoms with E-state index < -0.39 is 0 Å². The summed E-state index contributed by atoms with van der Waals surface area (Å²) in [6.07, 6.45) is 0. The Hall–Kier alpha value is -1.67. The van der Waals surface area contributed by atoms with Gasteiger partial charge in [0.2, 0.25) is 0 Å². The number of aliphatic hydroxyl groups is 2. The van der Waals surface area contributed by atoms with E-state index in [2.05, 4.69) is 5.32 Å². The number of urea groups is 1. The van der Waals surface area contributed by atoms with Crippen LogP contribution in [0.3, 0.4) is 0 Å². The number of ether oxygens (including phenoxy) is 2. The molecule has 0 fully saturated rings. The van der Waals surface area contributed by atoms with E-state index in [-0.39, 0.29) is 32.5 Å². The van der Waals surface area contributed by atoms with Gasteiger partial charge in [-0.15, -0.1) is 0 Å². The van der Waals surface area contributed by atoms with Crippen LogP contribution in [-0.4, -0.2) is 73.9 Å². The molecule has 0 atom stereocenters. The molecule has 0 saturated carbocycles. The number of hydrogen-bond acceptors (Lipinski definition) is 5. The van der Waals surface area contributed by atoms with Crippen molar-refractivity contribution in [2.45, 2.75) is 0 Å². The van der Waals surface area contributed by atoms with Gasteiger partial charge in [-0.25, -0.2) is 4.79 Å². The van der Waals surface area contributed by atoms with Crippen molar-refractivity contribution in [2.24, 2.45) is 0 Å². The molecule has 7 heteroatoms. The first-order valence-electron chi connectivity index (χ1n) is 7.26. The van der Waals surface area contributed by atoms with Gasteiger partial charge in [0.05, 0.1) is 39.6 Å². The molecule has 0 unspecified atom stereocenters. The molecule has 0 aliphatic heterocycles. The van der Waals surface area contributed by atoms with E-state index in [1.807, 2.05) is 18.2 Å². The van der Waals surface area contributed by atoms with Crippen molar-refractivity contribution in [3.8, 4) is 0 Å². The summed E-state index contributed by atoms with van der Waals surface area (Å²) in [5, 5.41) is 20.1. The molecule has 0 heterocycles. The molecule has 3 N–H and O–H groups in total. The Kier molecular flexibility index (Phi) is 9.97. The number of carbonyl (C=O) groups excluding carboxylic acids is 1. The lowest BCUT2D eigenvalue weighted by Crippen LogP contribution is -2.39. The second-order valence-corrected chi connectivity index (χ2v) is 4.46. The Labute approximate surface area is 130 Å². The Morgan fingerprint density at radius 2 is 1.50 bits per heavy atom. The van der Waals surface area contributed by atoms with Gasteiger partial charge in [-0.2, -0.15) is 0 Å². The second kappa shape index (κ2) is 11.9. The highest BCUT2D eigenvalue weighted by Crippen LogP contribution is 2.06. The maximum absolute atomic E-state index is 12.2. The summed E-state index contributed by atoms with van der Waals surface area (Å²) >= 11 is 0. The largest absolute Gasteiger partial charge is 0.394 e. The molecule has 0 aromatic heterocycles. The van der Waals surface area contributed by atoms with Crippen molar-refractivity contribution in [1.29, 1.82) is 0 Å². The lowest BCUT2D eigenvalue weighted by atomic mass is 10.3. The summed E-state index contributed by atoms with van der Waals surface area (Å²) < 4.78 is 10.4. The first-order valence-corrected chi connectivity index (χ1v) is 7.26. The van der Waals surface area contributed by atoms with E-state index in [0.29, 0.717) is 32.0 Å². The Bertz CT molecular complexity index is 390. The summed E-state index contributed by atoms with van der Waals surface area (Å²) in [5.74, 6) is 0. The third-order valence-corrected chi connectivity index (χ3v) is 2.79. The van der Waals surface area contributed by atoms with E-state index >= 15 is 0 Å². The molecule has 22 heavy (non-hydrogen) atoms. The number of nitrogens with zero attached hydrogens (tertiary/aromatic N) is 1. The Balaban J connectivity index is 2.45. The third kappa shape index (κ3) is 7.94. The molecular formula is C15H24N2O5. The molecule has 0 aliphatic rings. The number of rotatable bonds is 11. The molecule has 0 aliphatic carbocycles. The van der Waals surface area contributed by atoms with Gasteiger partial charge < -0.3 is 29.9 Å². The number of para-hydroxylation sites is 1. The lowest BCUT2D eigenvalue weighted by Gasteiger charge is -2.23. The molecular weight excluding hydrogens is 288 g/mol. The van der Waals surface area contributed by atoms with Crippen molar-refractivity contribution in [3.05, 3.63) is 30.3 Å². The molecule has 1 rings (SSSR count). The van der Waals surface area contributed by atoms with Crippen molar-refractivity contribution < 1.29 is 24.5 Å². The van der Waals surface area contributed by atoms with E-state index in [4.69, 9.17) is 19.7 Å².